The molecule has 1 aliphatic carbocycles. The number of nitrogens with zero attached hydrogens (tertiary/aromatic N) is 2. The number of aromatic amines is 1. The summed E-state index contributed by atoms with van der Waals surface area (Å²) in [6.07, 6.45) is 8.07. The Kier molecular flexibility index (Phi) is 4.08. The Morgan fingerprint density at radius 3 is 2.91 bits per heavy atom. The lowest BCUT2D eigenvalue weighted by Crippen LogP contribution is -2.34. The predicted octanol–water partition coefficient (Wildman–Crippen LogP) is 3.29. The summed E-state index contributed by atoms with van der Waals surface area (Å²) in [5.74, 6) is 1.64. The van der Waals surface area contributed by atoms with Gasteiger partial charge >= 0.3 is 0 Å². The summed E-state index contributed by atoms with van der Waals surface area (Å²) >= 11 is 0. The maximum absolute atomic E-state index is 5.67. The summed E-state index contributed by atoms with van der Waals surface area (Å²) in [6.45, 7) is 3.26. The Bertz CT molecular complexity index is 666. The molecule has 23 heavy (non-hydrogen) atoms. The second kappa shape index (κ2) is 6.36. The van der Waals surface area contributed by atoms with Crippen molar-refractivity contribution in [1.29, 1.82) is 0 Å². The van der Waals surface area contributed by atoms with Gasteiger partial charge in [0.05, 0.1) is 7.11 Å². The van der Waals surface area contributed by atoms with Crippen LogP contribution in [0.3, 0.4) is 0 Å². The highest BCUT2D eigenvalue weighted by Crippen LogP contribution is 2.32. The molecule has 4 nitrogen and oxygen atoms in total. The van der Waals surface area contributed by atoms with Crippen molar-refractivity contribution >= 4 is 0 Å². The van der Waals surface area contributed by atoms with E-state index in [0.29, 0.717) is 5.92 Å². The van der Waals surface area contributed by atoms with Crippen LogP contribution in [0.4, 0.5) is 0 Å². The van der Waals surface area contributed by atoms with E-state index in [9.17, 15) is 0 Å². The molecule has 0 amide bonds. The van der Waals surface area contributed by atoms with Gasteiger partial charge in [-0.1, -0.05) is 6.07 Å². The molecule has 1 aliphatic heterocycles. The minimum absolute atomic E-state index is 0.576. The molecular weight excluding hydrogens is 286 g/mol. The summed E-state index contributed by atoms with van der Waals surface area (Å²) in [5, 5.41) is 7.26. The highest BCUT2D eigenvalue weighted by Gasteiger charge is 2.24. The lowest BCUT2D eigenvalue weighted by atomic mass is 9.94. The summed E-state index contributed by atoms with van der Waals surface area (Å²) in [4.78, 5) is 2.56. The number of aromatic nitrogens is 2. The standard InChI is InChI=1S/C19H25N3O/c1-23-19-11-15-5-2-4-14(15)10-17(19)13-22-9-3-6-16(12-22)18-7-8-20-21-18/h7-8,10-11,16H,2-6,9,12-13H2,1H3,(H,20,21)/t16-/m1/s1. The third-order valence-electron chi connectivity index (χ3n) is 5.36. The number of likely N-dealkylation sites (tertiary alicyclic amines) is 1. The van der Waals surface area contributed by atoms with Crippen molar-refractivity contribution in [2.45, 2.75) is 44.6 Å². The Labute approximate surface area is 137 Å². The fraction of sp³-hybridized carbons (Fsp3) is 0.526. The normalized spacial score (nSPS) is 21.3. The highest BCUT2D eigenvalue weighted by atomic mass is 16.5. The molecule has 1 aromatic heterocycles. The summed E-state index contributed by atoms with van der Waals surface area (Å²) < 4.78 is 5.67. The van der Waals surface area contributed by atoms with Crippen molar-refractivity contribution in [3.63, 3.8) is 0 Å². The lowest BCUT2D eigenvalue weighted by molar-refractivity contribution is 0.196. The van der Waals surface area contributed by atoms with Gasteiger partial charge in [0, 0.05) is 36.5 Å². The Hall–Kier alpha value is -1.81. The van der Waals surface area contributed by atoms with Crippen LogP contribution in [-0.2, 0) is 19.4 Å². The molecule has 0 bridgehead atoms. The van der Waals surface area contributed by atoms with Crippen LogP contribution in [0.15, 0.2) is 24.4 Å². The van der Waals surface area contributed by atoms with E-state index in [1.165, 1.54) is 61.0 Å². The Morgan fingerprint density at radius 1 is 1.26 bits per heavy atom. The molecule has 0 radical (unpaired) electrons. The van der Waals surface area contributed by atoms with Crippen LogP contribution in [0.5, 0.6) is 5.75 Å². The number of rotatable bonds is 4. The number of hydrogen-bond donors (Lipinski definition) is 1. The smallest absolute Gasteiger partial charge is 0.123 e. The van der Waals surface area contributed by atoms with Gasteiger partial charge in [-0.25, -0.2) is 0 Å². The Balaban J connectivity index is 1.51. The molecule has 0 spiro atoms. The second-order valence-corrected chi connectivity index (χ2v) is 6.87. The third kappa shape index (κ3) is 3.00. The van der Waals surface area contributed by atoms with Crippen molar-refractivity contribution < 1.29 is 4.74 Å². The second-order valence-electron chi connectivity index (χ2n) is 6.87. The molecule has 4 heteroatoms. The van der Waals surface area contributed by atoms with Gasteiger partial charge in [0.25, 0.3) is 0 Å². The van der Waals surface area contributed by atoms with Crippen LogP contribution in [-0.4, -0.2) is 35.3 Å². The molecule has 1 atom stereocenters. The topological polar surface area (TPSA) is 41.1 Å². The zero-order valence-corrected chi connectivity index (χ0v) is 13.8. The van der Waals surface area contributed by atoms with E-state index in [1.54, 1.807) is 7.11 Å². The number of benzene rings is 1. The van der Waals surface area contributed by atoms with E-state index in [1.807, 2.05) is 6.20 Å². The van der Waals surface area contributed by atoms with Gasteiger partial charge in [0.1, 0.15) is 5.75 Å². The number of aryl methyl sites for hydroxylation is 2. The fourth-order valence-electron chi connectivity index (χ4n) is 4.15. The van der Waals surface area contributed by atoms with Gasteiger partial charge in [-0.15, -0.1) is 0 Å². The molecule has 1 N–H and O–H groups in total. The quantitative estimate of drug-likeness (QED) is 0.942. The molecule has 2 aliphatic rings. The first kappa shape index (κ1) is 14.8. The van der Waals surface area contributed by atoms with Crippen LogP contribution in [0.1, 0.15) is 47.6 Å². The molecule has 1 fully saturated rings. The van der Waals surface area contributed by atoms with Crippen molar-refractivity contribution in [2.24, 2.45) is 0 Å². The van der Waals surface area contributed by atoms with Crippen molar-refractivity contribution in [3.8, 4) is 5.75 Å². The van der Waals surface area contributed by atoms with E-state index in [2.05, 4.69) is 33.3 Å². The van der Waals surface area contributed by atoms with Gasteiger partial charge in [-0.05, 0) is 61.9 Å². The maximum Gasteiger partial charge on any atom is 0.123 e. The predicted molar refractivity (Wildman–Crippen MR) is 90.9 cm³/mol. The zero-order valence-electron chi connectivity index (χ0n) is 13.8. The average molecular weight is 311 g/mol. The van der Waals surface area contributed by atoms with E-state index < -0.39 is 0 Å². The SMILES string of the molecule is COc1cc2c(cc1CN1CCC[C@@H](c3ccn[nH]3)C1)CCC2. The molecule has 2 heterocycles. The van der Waals surface area contributed by atoms with Crippen LogP contribution in [0, 0.1) is 0 Å². The summed E-state index contributed by atoms with van der Waals surface area (Å²) in [7, 11) is 1.80. The monoisotopic (exact) mass is 311 g/mol. The first-order valence-corrected chi connectivity index (χ1v) is 8.74. The first-order valence-electron chi connectivity index (χ1n) is 8.74. The molecule has 1 aromatic carbocycles. The summed E-state index contributed by atoms with van der Waals surface area (Å²) in [6, 6.07) is 6.78. The van der Waals surface area contributed by atoms with Gasteiger partial charge < -0.3 is 4.74 Å². The first-order chi connectivity index (χ1) is 11.3. The maximum atomic E-state index is 5.67. The van der Waals surface area contributed by atoms with Crippen molar-refractivity contribution in [2.75, 3.05) is 20.2 Å². The molecule has 0 unspecified atom stereocenters. The average Bonchev–Trinajstić information content (AvgIpc) is 3.25. The molecule has 0 saturated carbocycles. The van der Waals surface area contributed by atoms with Crippen LogP contribution < -0.4 is 4.74 Å². The van der Waals surface area contributed by atoms with Gasteiger partial charge in [-0.2, -0.15) is 5.10 Å². The number of fused-ring (bicyclic) bond motifs is 1. The number of H-pyrrole nitrogens is 1. The molecule has 122 valence electrons. The number of piperidine rings is 1. The van der Waals surface area contributed by atoms with Gasteiger partial charge in [0.15, 0.2) is 0 Å². The minimum Gasteiger partial charge on any atom is -0.496 e. The molecule has 4 rings (SSSR count). The summed E-state index contributed by atoms with van der Waals surface area (Å²) in [5.41, 5.74) is 5.64. The van der Waals surface area contributed by atoms with Crippen LogP contribution >= 0.6 is 0 Å². The van der Waals surface area contributed by atoms with Gasteiger partial charge in [0.2, 0.25) is 0 Å². The largest absolute Gasteiger partial charge is 0.496 e. The molecular formula is C19H25N3O. The van der Waals surface area contributed by atoms with Crippen molar-refractivity contribution in [1.82, 2.24) is 15.1 Å². The third-order valence-corrected chi connectivity index (χ3v) is 5.36. The minimum atomic E-state index is 0.576. The molecule has 1 saturated heterocycles. The van der Waals surface area contributed by atoms with Crippen LogP contribution in [0.25, 0.3) is 0 Å². The van der Waals surface area contributed by atoms with E-state index >= 15 is 0 Å². The lowest BCUT2D eigenvalue weighted by Gasteiger charge is -2.32. The molecule has 2 aromatic rings. The highest BCUT2D eigenvalue weighted by molar-refractivity contribution is 5.44. The van der Waals surface area contributed by atoms with Crippen molar-refractivity contribution in [3.05, 3.63) is 46.8 Å². The van der Waals surface area contributed by atoms with E-state index in [-0.39, 0.29) is 0 Å². The van der Waals surface area contributed by atoms with E-state index in [0.717, 1.165) is 18.8 Å². The number of methoxy groups -OCH3 is 1. The van der Waals surface area contributed by atoms with Crippen LogP contribution in [0.2, 0.25) is 0 Å². The zero-order chi connectivity index (χ0) is 15.6. The fourth-order valence-corrected chi connectivity index (χ4v) is 4.15. The number of nitrogens with one attached hydrogen (secondary N) is 1. The number of ether oxygens (including phenoxy) is 1. The van der Waals surface area contributed by atoms with E-state index in [4.69, 9.17) is 4.74 Å². The Morgan fingerprint density at radius 2 is 2.13 bits per heavy atom. The number of hydrogen-bond acceptors (Lipinski definition) is 3. The van der Waals surface area contributed by atoms with Gasteiger partial charge in [-0.3, -0.25) is 10.00 Å².